The zero-order valence-electron chi connectivity index (χ0n) is 19.6. The number of hydrogen-bond acceptors (Lipinski definition) is 9. The first-order chi connectivity index (χ1) is 17.0. The van der Waals surface area contributed by atoms with Gasteiger partial charge in [0.1, 0.15) is 5.82 Å². The normalized spacial score (nSPS) is 14.4. The Hall–Kier alpha value is -3.70. The molecule has 0 aliphatic carbocycles. The lowest BCUT2D eigenvalue weighted by atomic mass is 10.2. The molecule has 3 heterocycles. The number of nitro groups is 1. The van der Waals surface area contributed by atoms with E-state index in [-0.39, 0.29) is 10.6 Å². The monoisotopic (exact) mass is 490 g/mol. The van der Waals surface area contributed by atoms with Gasteiger partial charge < -0.3 is 15.1 Å². The van der Waals surface area contributed by atoms with E-state index in [2.05, 4.69) is 61.5 Å². The van der Waals surface area contributed by atoms with Crippen molar-refractivity contribution in [2.75, 3.05) is 43.4 Å². The van der Waals surface area contributed by atoms with Gasteiger partial charge >= 0.3 is 0 Å². The molecule has 180 valence electrons. The second kappa shape index (κ2) is 9.88. The maximum absolute atomic E-state index is 11.3. The molecule has 1 N–H and O–H groups in total. The summed E-state index contributed by atoms with van der Waals surface area (Å²) in [6.07, 6.45) is 0. The number of hydrogen-bond donors (Lipinski definition) is 1. The van der Waals surface area contributed by atoms with E-state index in [0.29, 0.717) is 22.3 Å². The van der Waals surface area contributed by atoms with Crippen molar-refractivity contribution in [3.05, 3.63) is 76.0 Å². The molecule has 10 nitrogen and oxygen atoms in total. The number of aromatic nitrogens is 4. The smallest absolute Gasteiger partial charge is 0.273 e. The van der Waals surface area contributed by atoms with E-state index >= 15 is 0 Å². The number of aryl methyl sites for hydroxylation is 1. The van der Waals surface area contributed by atoms with Crippen LogP contribution in [0.25, 0.3) is 5.78 Å². The number of anilines is 3. The van der Waals surface area contributed by atoms with Crippen LogP contribution in [-0.4, -0.2) is 62.6 Å². The fourth-order valence-corrected chi connectivity index (χ4v) is 4.85. The first-order valence-corrected chi connectivity index (χ1v) is 12.3. The highest BCUT2D eigenvalue weighted by Gasteiger charge is 2.16. The first-order valence-electron chi connectivity index (χ1n) is 11.4. The predicted molar refractivity (Wildman–Crippen MR) is 138 cm³/mol. The number of rotatable bonds is 7. The minimum absolute atomic E-state index is 0.0973. The minimum atomic E-state index is -0.366. The van der Waals surface area contributed by atoms with Crippen LogP contribution in [-0.2, 0) is 5.75 Å². The van der Waals surface area contributed by atoms with Crippen molar-refractivity contribution in [3.8, 4) is 0 Å². The Morgan fingerprint density at radius 1 is 1.06 bits per heavy atom. The van der Waals surface area contributed by atoms with Gasteiger partial charge in [-0.05, 0) is 38.2 Å². The third kappa shape index (κ3) is 5.20. The van der Waals surface area contributed by atoms with E-state index in [1.165, 1.54) is 23.5 Å². The molecule has 0 bridgehead atoms. The summed E-state index contributed by atoms with van der Waals surface area (Å²) < 4.78 is 1.67. The number of piperazine rings is 1. The largest absolute Gasteiger partial charge is 0.369 e. The lowest BCUT2D eigenvalue weighted by molar-refractivity contribution is -0.385. The number of nitrogens with zero attached hydrogens (tertiary/aromatic N) is 7. The van der Waals surface area contributed by atoms with Crippen LogP contribution in [0.15, 0.2) is 59.8 Å². The quantitative estimate of drug-likeness (QED) is 0.233. The average Bonchev–Trinajstić information content (AvgIpc) is 3.27. The molecule has 11 heteroatoms. The summed E-state index contributed by atoms with van der Waals surface area (Å²) in [4.78, 5) is 24.7. The Balaban J connectivity index is 1.33. The van der Waals surface area contributed by atoms with E-state index in [4.69, 9.17) is 0 Å². The highest BCUT2D eigenvalue weighted by molar-refractivity contribution is 7.98. The molecule has 4 aromatic rings. The van der Waals surface area contributed by atoms with Gasteiger partial charge in [-0.25, -0.2) is 4.98 Å². The average molecular weight is 491 g/mol. The van der Waals surface area contributed by atoms with Crippen molar-refractivity contribution in [2.45, 2.75) is 17.8 Å². The van der Waals surface area contributed by atoms with Crippen LogP contribution >= 0.6 is 11.8 Å². The van der Waals surface area contributed by atoms with Gasteiger partial charge in [-0.3, -0.25) is 10.1 Å². The summed E-state index contributed by atoms with van der Waals surface area (Å²) in [5, 5.41) is 19.8. The van der Waals surface area contributed by atoms with Crippen molar-refractivity contribution in [2.24, 2.45) is 0 Å². The molecular formula is C24H26N8O2S. The molecule has 2 aromatic heterocycles. The van der Waals surface area contributed by atoms with Crippen molar-refractivity contribution in [1.82, 2.24) is 24.5 Å². The molecule has 0 atom stereocenters. The fraction of sp³-hybridized carbons (Fsp3) is 0.292. The summed E-state index contributed by atoms with van der Waals surface area (Å²) in [5.41, 5.74) is 3.70. The Labute approximate surface area is 207 Å². The van der Waals surface area contributed by atoms with Crippen LogP contribution in [0.3, 0.4) is 0 Å². The fourth-order valence-electron chi connectivity index (χ4n) is 4.04. The Morgan fingerprint density at radius 2 is 1.80 bits per heavy atom. The van der Waals surface area contributed by atoms with Crippen molar-refractivity contribution >= 4 is 40.4 Å². The molecule has 0 spiro atoms. The van der Waals surface area contributed by atoms with Gasteiger partial charge in [-0.1, -0.05) is 30.0 Å². The summed E-state index contributed by atoms with van der Waals surface area (Å²) in [5.74, 6) is 1.63. The van der Waals surface area contributed by atoms with E-state index in [9.17, 15) is 10.1 Å². The summed E-state index contributed by atoms with van der Waals surface area (Å²) in [7, 11) is 2.15. The van der Waals surface area contributed by atoms with Gasteiger partial charge in [0, 0.05) is 66.7 Å². The molecular weight excluding hydrogens is 464 g/mol. The number of para-hydroxylation sites is 1. The number of nitrogens with one attached hydrogen (secondary N) is 1. The van der Waals surface area contributed by atoms with Crippen LogP contribution in [0.2, 0.25) is 0 Å². The summed E-state index contributed by atoms with van der Waals surface area (Å²) >= 11 is 1.35. The van der Waals surface area contributed by atoms with E-state index in [0.717, 1.165) is 43.4 Å². The van der Waals surface area contributed by atoms with E-state index in [1.807, 2.05) is 13.0 Å². The van der Waals surface area contributed by atoms with E-state index in [1.54, 1.807) is 22.7 Å². The Morgan fingerprint density at radius 3 is 2.54 bits per heavy atom. The molecule has 1 saturated heterocycles. The van der Waals surface area contributed by atoms with Crippen LogP contribution in [0.4, 0.5) is 22.9 Å². The third-order valence-corrected chi connectivity index (χ3v) is 6.86. The molecule has 1 fully saturated rings. The summed E-state index contributed by atoms with van der Waals surface area (Å²) in [6, 6.07) is 17.0. The predicted octanol–water partition coefficient (Wildman–Crippen LogP) is 4.13. The molecule has 2 aromatic carbocycles. The number of fused-ring (bicyclic) bond motifs is 1. The third-order valence-electron chi connectivity index (χ3n) is 5.97. The first kappa shape index (κ1) is 23.1. The van der Waals surface area contributed by atoms with Crippen LogP contribution in [0, 0.1) is 17.0 Å². The van der Waals surface area contributed by atoms with Gasteiger partial charge in [0.2, 0.25) is 5.16 Å². The topological polar surface area (TPSA) is 105 Å². The van der Waals surface area contributed by atoms with Crippen molar-refractivity contribution in [1.29, 1.82) is 0 Å². The molecule has 0 radical (unpaired) electrons. The van der Waals surface area contributed by atoms with E-state index < -0.39 is 0 Å². The lowest BCUT2D eigenvalue weighted by Crippen LogP contribution is -2.44. The summed E-state index contributed by atoms with van der Waals surface area (Å²) in [6.45, 7) is 6.10. The van der Waals surface area contributed by atoms with Crippen LogP contribution in [0.1, 0.15) is 11.3 Å². The Kier molecular flexibility index (Phi) is 6.51. The number of likely N-dealkylation sites (N-methyl/N-ethyl adjacent to an activating group) is 1. The molecule has 1 aliphatic heterocycles. The molecule has 35 heavy (non-hydrogen) atoms. The van der Waals surface area contributed by atoms with Crippen molar-refractivity contribution < 1.29 is 4.92 Å². The minimum Gasteiger partial charge on any atom is -0.369 e. The molecule has 0 unspecified atom stereocenters. The molecule has 0 saturated carbocycles. The second-order valence-electron chi connectivity index (χ2n) is 8.53. The molecule has 1 aliphatic rings. The van der Waals surface area contributed by atoms with Crippen molar-refractivity contribution in [3.63, 3.8) is 0 Å². The second-order valence-corrected chi connectivity index (χ2v) is 9.47. The maximum atomic E-state index is 11.3. The zero-order valence-corrected chi connectivity index (χ0v) is 20.4. The molecule has 5 rings (SSSR count). The number of benzene rings is 2. The zero-order chi connectivity index (χ0) is 24.4. The van der Waals surface area contributed by atoms with Gasteiger partial charge in [-0.2, -0.15) is 9.50 Å². The SMILES string of the molecule is Cc1cc(Nc2ccc(N3CCN(C)CC3)cc2)n2nc(SCc3ccccc3[N+](=O)[O-])nc2n1. The van der Waals surface area contributed by atoms with Crippen LogP contribution < -0.4 is 10.2 Å². The van der Waals surface area contributed by atoms with Gasteiger partial charge in [-0.15, -0.1) is 5.10 Å². The lowest BCUT2D eigenvalue weighted by Gasteiger charge is -2.34. The standard InChI is InChI=1S/C24H26N8O2S/c1-17-15-22(26-19-7-9-20(10-8-19)30-13-11-29(2)12-14-30)31-23(25-17)27-24(28-31)35-16-18-5-3-4-6-21(18)32(33)34/h3-10,15,26H,11-14,16H2,1-2H3. The molecule has 0 amide bonds. The Bertz CT molecular complexity index is 1350. The van der Waals surface area contributed by atoms with Crippen LogP contribution in [0.5, 0.6) is 0 Å². The number of thioether (sulfide) groups is 1. The maximum Gasteiger partial charge on any atom is 0.273 e. The van der Waals surface area contributed by atoms with Gasteiger partial charge in [0.25, 0.3) is 11.5 Å². The van der Waals surface area contributed by atoms with Gasteiger partial charge in [0.05, 0.1) is 4.92 Å². The highest BCUT2D eigenvalue weighted by atomic mass is 32.2. The highest BCUT2D eigenvalue weighted by Crippen LogP contribution is 2.28. The number of nitro benzene ring substituents is 1. The van der Waals surface area contributed by atoms with Gasteiger partial charge in [0.15, 0.2) is 0 Å².